The minimum absolute atomic E-state index is 0.0251. The number of aryl methyl sites for hydroxylation is 1. The largest absolute Gasteiger partial charge is 0.355 e. The number of nitrogens with zero attached hydrogens (tertiary/aromatic N) is 3. The van der Waals surface area contributed by atoms with Gasteiger partial charge in [0.1, 0.15) is 5.82 Å². The Morgan fingerprint density at radius 1 is 0.545 bits per heavy atom. The zero-order valence-electron chi connectivity index (χ0n) is 40.4. The molecule has 0 bridgehead atoms. The van der Waals surface area contributed by atoms with Crippen LogP contribution >= 0.6 is 0 Å². The lowest BCUT2D eigenvalue weighted by Gasteiger charge is -2.43. The Bertz CT molecular complexity index is 3470. The maximum atomic E-state index is 5.35. The first-order valence-corrected chi connectivity index (χ1v) is 24.4. The first-order chi connectivity index (χ1) is 31.5. The SMILES string of the molecule is CB1c2cc3nc(-c4ccccc4)n(C)c3cc2-n2c3ccccc3c3c(-c4ccccc4)cc(-c4cc5c(cc4Nc4ccc6c(c4)C(C)(C)CCC6(C)C)C(C)(C)CCC5(C)C)c1c32. The summed E-state index contributed by atoms with van der Waals surface area (Å²) in [5.41, 5.74) is 23.3. The first kappa shape index (κ1) is 41.1. The molecule has 0 atom stereocenters. The fourth-order valence-corrected chi connectivity index (χ4v) is 12.5. The van der Waals surface area contributed by atoms with E-state index in [1.165, 1.54) is 101 Å². The van der Waals surface area contributed by atoms with Crippen molar-refractivity contribution in [3.63, 3.8) is 0 Å². The Kier molecular flexibility index (Phi) is 8.78. The summed E-state index contributed by atoms with van der Waals surface area (Å²) in [4.78, 5) is 5.35. The summed E-state index contributed by atoms with van der Waals surface area (Å²) in [7, 11) is 2.16. The molecule has 12 rings (SSSR count). The van der Waals surface area contributed by atoms with E-state index >= 15 is 0 Å². The number of imidazole rings is 1. The van der Waals surface area contributed by atoms with Gasteiger partial charge in [-0.05, 0) is 146 Å². The summed E-state index contributed by atoms with van der Waals surface area (Å²) in [6, 6.07) is 50.6. The summed E-state index contributed by atoms with van der Waals surface area (Å²) in [5, 5.41) is 6.78. The van der Waals surface area contributed by atoms with Gasteiger partial charge in [0, 0.05) is 46.0 Å². The van der Waals surface area contributed by atoms with Gasteiger partial charge in [-0.25, -0.2) is 4.98 Å². The fourth-order valence-electron chi connectivity index (χ4n) is 12.5. The topological polar surface area (TPSA) is 34.8 Å². The molecule has 66 heavy (non-hydrogen) atoms. The number of nitrogens with one attached hydrogen (secondary N) is 1. The van der Waals surface area contributed by atoms with E-state index in [4.69, 9.17) is 4.98 Å². The smallest absolute Gasteiger partial charge is 0.212 e. The van der Waals surface area contributed by atoms with Crippen LogP contribution in [0, 0.1) is 0 Å². The van der Waals surface area contributed by atoms with E-state index in [9.17, 15) is 0 Å². The molecule has 0 radical (unpaired) electrons. The maximum absolute atomic E-state index is 5.35. The second-order valence-electron chi connectivity index (χ2n) is 22.7. The van der Waals surface area contributed by atoms with E-state index < -0.39 is 0 Å². The molecule has 0 amide bonds. The lowest BCUT2D eigenvalue weighted by molar-refractivity contribution is 0.332. The highest BCUT2D eigenvalue weighted by Gasteiger charge is 2.41. The Labute approximate surface area is 391 Å². The number of para-hydroxylation sites is 1. The van der Waals surface area contributed by atoms with Crippen LogP contribution in [0.2, 0.25) is 6.82 Å². The summed E-state index contributed by atoms with van der Waals surface area (Å²) in [6.07, 6.45) is 4.69. The van der Waals surface area contributed by atoms with E-state index in [-0.39, 0.29) is 28.4 Å². The molecule has 7 aromatic carbocycles. The van der Waals surface area contributed by atoms with Crippen LogP contribution in [-0.4, -0.2) is 20.8 Å². The number of benzene rings is 7. The molecule has 9 aromatic rings. The van der Waals surface area contributed by atoms with Crippen molar-refractivity contribution in [1.29, 1.82) is 0 Å². The van der Waals surface area contributed by atoms with Crippen molar-refractivity contribution in [2.24, 2.45) is 7.05 Å². The minimum Gasteiger partial charge on any atom is -0.355 e. The molecule has 4 nitrogen and oxygen atoms in total. The zero-order valence-corrected chi connectivity index (χ0v) is 40.4. The molecule has 0 unspecified atom stereocenters. The van der Waals surface area contributed by atoms with Crippen molar-refractivity contribution in [3.8, 4) is 39.3 Å². The van der Waals surface area contributed by atoms with Crippen LogP contribution < -0.4 is 16.2 Å². The third-order valence-electron chi connectivity index (χ3n) is 16.7. The average Bonchev–Trinajstić information content (AvgIpc) is 3.83. The summed E-state index contributed by atoms with van der Waals surface area (Å²) >= 11 is 0. The number of hydrogen-bond acceptors (Lipinski definition) is 2. The van der Waals surface area contributed by atoms with E-state index in [0.29, 0.717) is 0 Å². The van der Waals surface area contributed by atoms with Gasteiger partial charge in [0.25, 0.3) is 0 Å². The van der Waals surface area contributed by atoms with E-state index in [2.05, 4.69) is 217 Å². The minimum atomic E-state index is 0.0251. The highest BCUT2D eigenvalue weighted by Crippen LogP contribution is 2.52. The van der Waals surface area contributed by atoms with Crippen molar-refractivity contribution >= 4 is 61.9 Å². The van der Waals surface area contributed by atoms with Crippen LogP contribution in [0.25, 0.3) is 72.2 Å². The summed E-state index contributed by atoms with van der Waals surface area (Å²) < 4.78 is 4.88. The number of anilines is 2. The van der Waals surface area contributed by atoms with Crippen molar-refractivity contribution in [1.82, 2.24) is 14.1 Å². The quantitative estimate of drug-likeness (QED) is 0.175. The fraction of sp³-hybridized carbons (Fsp3) is 0.295. The first-order valence-electron chi connectivity index (χ1n) is 24.4. The predicted octanol–water partition coefficient (Wildman–Crippen LogP) is 14.7. The second kappa shape index (κ2) is 14.1. The van der Waals surface area contributed by atoms with E-state index in [0.717, 1.165) is 41.0 Å². The molecule has 0 spiro atoms. The highest BCUT2D eigenvalue weighted by molar-refractivity contribution is 6.88. The van der Waals surface area contributed by atoms with E-state index in [1.54, 1.807) is 0 Å². The normalized spacial score (nSPS) is 17.5. The van der Waals surface area contributed by atoms with Crippen LogP contribution in [0.3, 0.4) is 0 Å². The molecule has 0 saturated heterocycles. The van der Waals surface area contributed by atoms with Crippen molar-refractivity contribution in [3.05, 3.63) is 156 Å². The van der Waals surface area contributed by atoms with Crippen molar-refractivity contribution in [2.45, 2.75) is 110 Å². The van der Waals surface area contributed by atoms with Crippen molar-refractivity contribution in [2.75, 3.05) is 5.32 Å². The van der Waals surface area contributed by atoms with Gasteiger partial charge in [-0.15, -0.1) is 0 Å². The molecule has 0 saturated carbocycles. The molecular weight excluding hydrogens is 800 g/mol. The summed E-state index contributed by atoms with van der Waals surface area (Å²) in [5.74, 6) is 0.983. The lowest BCUT2D eigenvalue weighted by atomic mass is 9.39. The number of aromatic nitrogens is 3. The molecule has 1 aliphatic heterocycles. The molecule has 5 heteroatoms. The van der Waals surface area contributed by atoms with Gasteiger partial charge in [-0.1, -0.05) is 147 Å². The molecule has 2 aromatic heterocycles. The number of rotatable bonds is 5. The highest BCUT2D eigenvalue weighted by atomic mass is 15.1. The van der Waals surface area contributed by atoms with Gasteiger partial charge in [-0.3, -0.25) is 0 Å². The predicted molar refractivity (Wildman–Crippen MR) is 283 cm³/mol. The Morgan fingerprint density at radius 2 is 1.14 bits per heavy atom. The second-order valence-corrected chi connectivity index (χ2v) is 22.7. The molecule has 1 N–H and O–H groups in total. The van der Waals surface area contributed by atoms with Crippen LogP contribution in [0.5, 0.6) is 0 Å². The van der Waals surface area contributed by atoms with Gasteiger partial charge in [0.05, 0.1) is 22.1 Å². The molecule has 3 heterocycles. The number of fused-ring (bicyclic) bond motifs is 8. The maximum Gasteiger partial charge on any atom is 0.212 e. The van der Waals surface area contributed by atoms with Gasteiger partial charge in [0.2, 0.25) is 6.71 Å². The lowest BCUT2D eigenvalue weighted by Crippen LogP contribution is -2.46. The Hall–Kier alpha value is -6.33. The van der Waals surface area contributed by atoms with Crippen LogP contribution in [0.1, 0.15) is 103 Å². The van der Waals surface area contributed by atoms with Crippen LogP contribution in [-0.2, 0) is 28.7 Å². The third kappa shape index (κ3) is 6.00. The van der Waals surface area contributed by atoms with Gasteiger partial charge in [0.15, 0.2) is 0 Å². The molecule has 0 fully saturated rings. The standard InChI is InChI=1S/C61H61BN4/c1-58(2)27-28-59(3,4)45-31-39(25-26-44(45)58)63-49-34-47-46(60(5,6)29-30-61(47,7)8)33-42(49)43-32-41(37-19-13-11-14-20-37)54-40-23-17-18-24-51(40)66-52-36-53-50(35-48(52)62(9)55(43)56(54)66)64-57(65(53)10)38-21-15-12-16-22-38/h11-26,31-36,63H,27-30H2,1-10H3. The molecule has 328 valence electrons. The zero-order chi connectivity index (χ0) is 45.7. The number of hydrogen-bond donors (Lipinski definition) is 1. The molecule has 3 aliphatic rings. The van der Waals surface area contributed by atoms with Gasteiger partial charge < -0.3 is 14.5 Å². The Balaban J connectivity index is 1.18. The van der Waals surface area contributed by atoms with E-state index in [1.807, 2.05) is 0 Å². The van der Waals surface area contributed by atoms with Crippen molar-refractivity contribution < 1.29 is 0 Å². The van der Waals surface area contributed by atoms with Gasteiger partial charge >= 0.3 is 0 Å². The third-order valence-corrected chi connectivity index (χ3v) is 16.7. The van der Waals surface area contributed by atoms with Crippen LogP contribution in [0.4, 0.5) is 11.4 Å². The summed E-state index contributed by atoms with van der Waals surface area (Å²) in [6.45, 7) is 22.1. The molecular formula is C61H61BN4. The Morgan fingerprint density at radius 3 is 1.82 bits per heavy atom. The monoisotopic (exact) mass is 860 g/mol. The molecule has 2 aliphatic carbocycles. The van der Waals surface area contributed by atoms with Crippen LogP contribution in [0.15, 0.2) is 133 Å². The van der Waals surface area contributed by atoms with Gasteiger partial charge in [-0.2, -0.15) is 0 Å². The average molecular weight is 861 g/mol.